The number of para-hydroxylation sites is 1. The molecule has 1 aromatic heterocycles. The lowest BCUT2D eigenvalue weighted by Gasteiger charge is -2.30. The number of fused-ring (bicyclic) bond motifs is 9. The molecule has 0 amide bonds. The van der Waals surface area contributed by atoms with Crippen LogP contribution in [0.25, 0.3) is 44.2 Å². The van der Waals surface area contributed by atoms with Crippen LogP contribution in [0.2, 0.25) is 0 Å². The third-order valence-electron chi connectivity index (χ3n) is 9.48. The first-order valence-corrected chi connectivity index (χ1v) is 14.7. The van der Waals surface area contributed by atoms with Gasteiger partial charge in [0.15, 0.2) is 0 Å². The molecule has 7 aromatic rings. The summed E-state index contributed by atoms with van der Waals surface area (Å²) in [6.45, 7) is 4.71. The Labute approximate surface area is 245 Å². The summed E-state index contributed by atoms with van der Waals surface area (Å²) in [5.74, 6) is 0. The number of anilines is 3. The predicted molar refractivity (Wildman–Crippen MR) is 174 cm³/mol. The number of nitrogens with zero attached hydrogens (tertiary/aromatic N) is 1. The molecule has 2 heteroatoms. The van der Waals surface area contributed by atoms with Gasteiger partial charge in [0.2, 0.25) is 0 Å². The Morgan fingerprint density at radius 2 is 1.21 bits per heavy atom. The van der Waals surface area contributed by atoms with Gasteiger partial charge in [-0.2, -0.15) is 0 Å². The van der Waals surface area contributed by atoms with Crippen molar-refractivity contribution in [1.29, 1.82) is 0 Å². The van der Waals surface area contributed by atoms with Crippen LogP contribution in [0.15, 0.2) is 132 Å². The van der Waals surface area contributed by atoms with E-state index in [9.17, 15) is 0 Å². The fourth-order valence-electron chi connectivity index (χ4n) is 7.54. The van der Waals surface area contributed by atoms with Gasteiger partial charge in [-0.15, -0.1) is 0 Å². The molecule has 1 heterocycles. The summed E-state index contributed by atoms with van der Waals surface area (Å²) in [6, 6.07) is 46.5. The van der Waals surface area contributed by atoms with Crippen molar-refractivity contribution in [2.24, 2.45) is 0 Å². The first-order valence-electron chi connectivity index (χ1n) is 14.7. The molecular weight excluding hydrogens is 510 g/mol. The maximum atomic E-state index is 6.25. The highest BCUT2D eigenvalue weighted by Crippen LogP contribution is 2.56. The zero-order valence-electron chi connectivity index (χ0n) is 23.7. The van der Waals surface area contributed by atoms with Crippen molar-refractivity contribution in [3.63, 3.8) is 0 Å². The lowest BCUT2D eigenvalue weighted by molar-refractivity contribution is 0.660. The summed E-state index contributed by atoms with van der Waals surface area (Å²) in [7, 11) is 0. The second-order valence-electron chi connectivity index (χ2n) is 12.1. The molecule has 0 unspecified atom stereocenters. The summed E-state index contributed by atoms with van der Waals surface area (Å²) in [4.78, 5) is 2.50. The molecule has 2 aliphatic rings. The second-order valence-corrected chi connectivity index (χ2v) is 12.1. The van der Waals surface area contributed by atoms with E-state index in [-0.39, 0.29) is 5.41 Å². The Morgan fingerprint density at radius 1 is 0.548 bits per heavy atom. The predicted octanol–water partition coefficient (Wildman–Crippen LogP) is 10.9. The first kappa shape index (κ1) is 23.6. The molecule has 0 bridgehead atoms. The van der Waals surface area contributed by atoms with Gasteiger partial charge in [0.25, 0.3) is 0 Å². The van der Waals surface area contributed by atoms with E-state index in [0.29, 0.717) is 0 Å². The molecule has 0 spiro atoms. The van der Waals surface area contributed by atoms with E-state index in [1.807, 2.05) is 6.07 Å². The van der Waals surface area contributed by atoms with Crippen molar-refractivity contribution in [3.05, 3.63) is 150 Å². The molecular formula is C40H29NO. The smallest absolute Gasteiger partial charge is 0.135 e. The van der Waals surface area contributed by atoms with Crippen molar-refractivity contribution in [1.82, 2.24) is 0 Å². The van der Waals surface area contributed by atoms with Gasteiger partial charge in [0, 0.05) is 33.0 Å². The van der Waals surface area contributed by atoms with E-state index in [0.717, 1.165) is 34.0 Å². The maximum absolute atomic E-state index is 6.25. The van der Waals surface area contributed by atoms with Gasteiger partial charge in [-0.25, -0.2) is 0 Å². The Bertz CT molecular complexity index is 2220. The van der Waals surface area contributed by atoms with Crippen LogP contribution in [0, 0.1) is 0 Å². The van der Waals surface area contributed by atoms with Crippen LogP contribution in [0.4, 0.5) is 17.1 Å². The molecule has 200 valence electrons. The van der Waals surface area contributed by atoms with Crippen LogP contribution < -0.4 is 4.90 Å². The number of furan rings is 1. The van der Waals surface area contributed by atoms with Crippen molar-refractivity contribution in [2.45, 2.75) is 25.7 Å². The Kier molecular flexibility index (Phi) is 4.76. The van der Waals surface area contributed by atoms with E-state index in [2.05, 4.69) is 140 Å². The zero-order valence-corrected chi connectivity index (χ0v) is 23.7. The van der Waals surface area contributed by atoms with Gasteiger partial charge in [-0.05, 0) is 76.2 Å². The van der Waals surface area contributed by atoms with Crippen LogP contribution in [0.3, 0.4) is 0 Å². The van der Waals surface area contributed by atoms with Crippen molar-refractivity contribution in [3.8, 4) is 22.3 Å². The first-order chi connectivity index (χ1) is 20.6. The van der Waals surface area contributed by atoms with E-state index in [4.69, 9.17) is 4.42 Å². The minimum absolute atomic E-state index is 0.0798. The van der Waals surface area contributed by atoms with Gasteiger partial charge >= 0.3 is 0 Å². The van der Waals surface area contributed by atoms with Gasteiger partial charge in [-0.3, -0.25) is 0 Å². The largest absolute Gasteiger partial charge is 0.456 e. The second kappa shape index (κ2) is 8.47. The van der Waals surface area contributed by atoms with Crippen molar-refractivity contribution < 1.29 is 4.42 Å². The SMILES string of the molecule is CC1(C)c2ccccc2-c2c(N(c3ccc4oc5ccccc5c4c3)c3cccc4c3-c3ccccc3C4)cccc21. The number of hydrogen-bond acceptors (Lipinski definition) is 2. The topological polar surface area (TPSA) is 16.4 Å². The molecule has 0 N–H and O–H groups in total. The van der Waals surface area contributed by atoms with Gasteiger partial charge in [-0.1, -0.05) is 105 Å². The van der Waals surface area contributed by atoms with Gasteiger partial charge in [0.1, 0.15) is 11.2 Å². The number of rotatable bonds is 3. The average molecular weight is 540 g/mol. The van der Waals surface area contributed by atoms with Gasteiger partial charge < -0.3 is 9.32 Å². The molecule has 0 aliphatic heterocycles. The quantitative estimate of drug-likeness (QED) is 0.222. The maximum Gasteiger partial charge on any atom is 0.135 e. The molecule has 6 aromatic carbocycles. The molecule has 2 aliphatic carbocycles. The number of benzene rings is 6. The third-order valence-corrected chi connectivity index (χ3v) is 9.48. The minimum atomic E-state index is -0.0798. The summed E-state index contributed by atoms with van der Waals surface area (Å²) in [5.41, 5.74) is 16.1. The van der Waals surface area contributed by atoms with E-state index >= 15 is 0 Å². The molecule has 2 nitrogen and oxygen atoms in total. The molecule has 0 atom stereocenters. The summed E-state index contributed by atoms with van der Waals surface area (Å²) < 4.78 is 6.25. The summed E-state index contributed by atoms with van der Waals surface area (Å²) in [6.07, 6.45) is 0.960. The number of hydrogen-bond donors (Lipinski definition) is 0. The Balaban J connectivity index is 1.38. The molecule has 0 radical (unpaired) electrons. The average Bonchev–Trinajstić information content (AvgIpc) is 3.66. The van der Waals surface area contributed by atoms with Crippen LogP contribution in [-0.4, -0.2) is 0 Å². The van der Waals surface area contributed by atoms with Crippen molar-refractivity contribution >= 4 is 39.0 Å². The van der Waals surface area contributed by atoms with E-state index in [1.165, 1.54) is 55.9 Å². The summed E-state index contributed by atoms with van der Waals surface area (Å²) in [5, 5.41) is 2.28. The minimum Gasteiger partial charge on any atom is -0.456 e. The fourth-order valence-corrected chi connectivity index (χ4v) is 7.54. The molecule has 9 rings (SSSR count). The van der Waals surface area contributed by atoms with Crippen LogP contribution in [0.1, 0.15) is 36.1 Å². The molecule has 42 heavy (non-hydrogen) atoms. The van der Waals surface area contributed by atoms with Crippen LogP contribution in [-0.2, 0) is 11.8 Å². The lowest BCUT2D eigenvalue weighted by Crippen LogP contribution is -2.16. The highest BCUT2D eigenvalue weighted by Gasteiger charge is 2.38. The zero-order chi connectivity index (χ0) is 28.0. The third kappa shape index (κ3) is 3.15. The lowest BCUT2D eigenvalue weighted by atomic mass is 9.82. The van der Waals surface area contributed by atoms with Gasteiger partial charge in [0.05, 0.1) is 11.4 Å². The van der Waals surface area contributed by atoms with Crippen molar-refractivity contribution in [2.75, 3.05) is 4.90 Å². The standard InChI is InChI=1S/C40H29NO/c1-40(2)32-16-7-5-15-30(32)39-33(40)17-10-19-35(39)41(27-21-22-37-31(24-27)29-14-6-8-20-36(29)42-37)34-18-9-12-26-23-25-11-3-4-13-28(25)38(26)34/h3-22,24H,23H2,1-2H3. The Hall–Kier alpha value is -5.08. The van der Waals surface area contributed by atoms with Crippen LogP contribution in [0.5, 0.6) is 0 Å². The highest BCUT2D eigenvalue weighted by molar-refractivity contribution is 6.07. The van der Waals surface area contributed by atoms with Crippen LogP contribution >= 0.6 is 0 Å². The highest BCUT2D eigenvalue weighted by atomic mass is 16.3. The molecule has 0 saturated carbocycles. The molecule has 0 fully saturated rings. The fraction of sp³-hybridized carbons (Fsp3) is 0.100. The molecule has 0 saturated heterocycles. The monoisotopic (exact) mass is 539 g/mol. The normalized spacial score (nSPS) is 14.0. The van der Waals surface area contributed by atoms with E-state index < -0.39 is 0 Å². The Morgan fingerprint density at radius 3 is 2.12 bits per heavy atom. The van der Waals surface area contributed by atoms with E-state index in [1.54, 1.807) is 0 Å². The summed E-state index contributed by atoms with van der Waals surface area (Å²) >= 11 is 0.